The van der Waals surface area contributed by atoms with Gasteiger partial charge in [-0.15, -0.1) is 0 Å². The van der Waals surface area contributed by atoms with Gasteiger partial charge in [0.25, 0.3) is 0 Å². The summed E-state index contributed by atoms with van der Waals surface area (Å²) in [5, 5.41) is 0. The van der Waals surface area contributed by atoms with E-state index in [1.165, 1.54) is 7.11 Å². The summed E-state index contributed by atoms with van der Waals surface area (Å²) in [4.78, 5) is 11.2. The molecule has 0 aliphatic heterocycles. The molecule has 82 valence electrons. The largest absolute Gasteiger partial charge is 0.496 e. The summed E-state index contributed by atoms with van der Waals surface area (Å²) in [7, 11) is 2.96. The van der Waals surface area contributed by atoms with Crippen LogP contribution in [0.25, 0.3) is 0 Å². The van der Waals surface area contributed by atoms with Gasteiger partial charge in [-0.25, -0.2) is 0 Å². The Balaban J connectivity index is 3.09. The van der Waals surface area contributed by atoms with Gasteiger partial charge in [-0.1, -0.05) is 15.9 Å². The average molecular weight is 273 g/mol. The van der Waals surface area contributed by atoms with E-state index in [2.05, 4.69) is 20.7 Å². The molecule has 0 radical (unpaired) electrons. The molecule has 1 aromatic rings. The number of hydrogen-bond donors (Lipinski definition) is 0. The van der Waals surface area contributed by atoms with Gasteiger partial charge in [-0.2, -0.15) is 0 Å². The summed E-state index contributed by atoms with van der Waals surface area (Å²) in [6.45, 7) is 1.97. The minimum absolute atomic E-state index is 0.209. The first kappa shape index (κ1) is 12.0. The van der Waals surface area contributed by atoms with Crippen LogP contribution in [0.3, 0.4) is 0 Å². The lowest BCUT2D eigenvalue weighted by Gasteiger charge is -2.10. The molecule has 0 saturated heterocycles. The van der Waals surface area contributed by atoms with Crippen LogP contribution in [0.4, 0.5) is 0 Å². The van der Waals surface area contributed by atoms with Gasteiger partial charge in [0.05, 0.1) is 20.6 Å². The summed E-state index contributed by atoms with van der Waals surface area (Å²) in [6.07, 6.45) is 0.209. The van der Waals surface area contributed by atoms with E-state index < -0.39 is 0 Å². The molecule has 4 heteroatoms. The fourth-order valence-corrected chi connectivity index (χ4v) is 2.01. The summed E-state index contributed by atoms with van der Waals surface area (Å²) in [6, 6.07) is 3.84. The van der Waals surface area contributed by atoms with Crippen molar-refractivity contribution in [2.24, 2.45) is 0 Å². The third-order valence-electron chi connectivity index (χ3n) is 2.07. The topological polar surface area (TPSA) is 35.5 Å². The molecule has 3 nitrogen and oxygen atoms in total. The molecule has 0 fully saturated rings. The number of rotatable bonds is 3. The Morgan fingerprint density at radius 1 is 1.40 bits per heavy atom. The van der Waals surface area contributed by atoms with Crippen LogP contribution in [0.2, 0.25) is 0 Å². The lowest BCUT2D eigenvalue weighted by Crippen LogP contribution is -2.06. The molecule has 0 amide bonds. The number of halogens is 1. The van der Waals surface area contributed by atoms with E-state index in [-0.39, 0.29) is 12.4 Å². The van der Waals surface area contributed by atoms with Crippen molar-refractivity contribution in [1.29, 1.82) is 0 Å². The molecular formula is C11H13BrO3. The number of ether oxygens (including phenoxy) is 2. The van der Waals surface area contributed by atoms with Crippen LogP contribution in [0, 0.1) is 6.92 Å². The average Bonchev–Trinajstić information content (AvgIpc) is 2.21. The number of carbonyl (C=O) groups is 1. The van der Waals surface area contributed by atoms with E-state index in [1.54, 1.807) is 7.11 Å². The molecule has 0 spiro atoms. The van der Waals surface area contributed by atoms with Crippen molar-refractivity contribution >= 4 is 21.9 Å². The monoisotopic (exact) mass is 272 g/mol. The van der Waals surface area contributed by atoms with E-state index in [9.17, 15) is 4.79 Å². The first-order valence-electron chi connectivity index (χ1n) is 4.48. The number of esters is 1. The predicted octanol–water partition coefficient (Wildman–Crippen LogP) is 2.48. The van der Waals surface area contributed by atoms with Crippen LogP contribution < -0.4 is 4.74 Å². The van der Waals surface area contributed by atoms with Gasteiger partial charge < -0.3 is 9.47 Å². The molecule has 1 aromatic carbocycles. The number of aryl methyl sites for hydroxylation is 1. The van der Waals surface area contributed by atoms with Crippen LogP contribution in [0.15, 0.2) is 16.6 Å². The van der Waals surface area contributed by atoms with Crippen LogP contribution >= 0.6 is 15.9 Å². The lowest BCUT2D eigenvalue weighted by atomic mass is 10.1. The molecule has 0 unspecified atom stereocenters. The Hall–Kier alpha value is -1.03. The number of benzene rings is 1. The minimum Gasteiger partial charge on any atom is -0.496 e. The Morgan fingerprint density at radius 2 is 2.07 bits per heavy atom. The van der Waals surface area contributed by atoms with Crippen LogP contribution in [-0.2, 0) is 16.0 Å². The molecule has 0 aliphatic rings. The molecule has 0 atom stereocenters. The SMILES string of the molecule is COC(=O)Cc1c(Br)cc(C)cc1OC. The predicted molar refractivity (Wildman–Crippen MR) is 61.2 cm³/mol. The summed E-state index contributed by atoms with van der Waals surface area (Å²) in [5.74, 6) is 0.421. The standard InChI is InChI=1S/C11H13BrO3/c1-7-4-9(12)8(6-11(13)15-3)10(5-7)14-2/h4-5H,6H2,1-3H3. The van der Waals surface area contributed by atoms with Gasteiger partial charge in [0, 0.05) is 10.0 Å². The normalized spacial score (nSPS) is 9.87. The molecule has 1 rings (SSSR count). The molecule has 0 aliphatic carbocycles. The summed E-state index contributed by atoms with van der Waals surface area (Å²) >= 11 is 3.41. The van der Waals surface area contributed by atoms with E-state index in [4.69, 9.17) is 4.74 Å². The van der Waals surface area contributed by atoms with E-state index in [0.29, 0.717) is 5.75 Å². The Bertz CT molecular complexity index is 374. The molecule has 0 aromatic heterocycles. The fourth-order valence-electron chi connectivity index (χ4n) is 1.31. The second-order valence-corrected chi connectivity index (χ2v) is 4.03. The van der Waals surface area contributed by atoms with Gasteiger partial charge in [0.2, 0.25) is 0 Å². The smallest absolute Gasteiger partial charge is 0.310 e. The van der Waals surface area contributed by atoms with E-state index in [0.717, 1.165) is 15.6 Å². The van der Waals surface area contributed by atoms with Crippen molar-refractivity contribution in [2.45, 2.75) is 13.3 Å². The lowest BCUT2D eigenvalue weighted by molar-refractivity contribution is -0.139. The zero-order chi connectivity index (χ0) is 11.4. The van der Waals surface area contributed by atoms with Crippen LogP contribution in [-0.4, -0.2) is 20.2 Å². The van der Waals surface area contributed by atoms with E-state index >= 15 is 0 Å². The highest BCUT2D eigenvalue weighted by Crippen LogP contribution is 2.29. The minimum atomic E-state index is -0.280. The van der Waals surface area contributed by atoms with Crippen LogP contribution in [0.1, 0.15) is 11.1 Å². The molecule has 15 heavy (non-hydrogen) atoms. The third-order valence-corrected chi connectivity index (χ3v) is 2.78. The molecule has 0 saturated carbocycles. The molecule has 0 bridgehead atoms. The fraction of sp³-hybridized carbons (Fsp3) is 0.364. The summed E-state index contributed by atoms with van der Waals surface area (Å²) in [5.41, 5.74) is 1.89. The summed E-state index contributed by atoms with van der Waals surface area (Å²) < 4.78 is 10.7. The van der Waals surface area contributed by atoms with Crippen LogP contribution in [0.5, 0.6) is 5.75 Å². The highest BCUT2D eigenvalue weighted by molar-refractivity contribution is 9.10. The van der Waals surface area contributed by atoms with Gasteiger partial charge >= 0.3 is 5.97 Å². The quantitative estimate of drug-likeness (QED) is 0.794. The number of methoxy groups -OCH3 is 2. The first-order chi connectivity index (χ1) is 7.08. The zero-order valence-corrected chi connectivity index (χ0v) is 10.6. The second-order valence-electron chi connectivity index (χ2n) is 3.18. The van der Waals surface area contributed by atoms with Gasteiger partial charge in [0.1, 0.15) is 5.75 Å². The van der Waals surface area contributed by atoms with Gasteiger partial charge in [0.15, 0.2) is 0 Å². The molecular weight excluding hydrogens is 260 g/mol. The highest BCUT2D eigenvalue weighted by atomic mass is 79.9. The maximum absolute atomic E-state index is 11.2. The Morgan fingerprint density at radius 3 is 2.60 bits per heavy atom. The van der Waals surface area contributed by atoms with Crippen molar-refractivity contribution in [3.63, 3.8) is 0 Å². The molecule has 0 heterocycles. The van der Waals surface area contributed by atoms with E-state index in [1.807, 2.05) is 19.1 Å². The van der Waals surface area contributed by atoms with Crippen molar-refractivity contribution in [3.8, 4) is 5.75 Å². The first-order valence-corrected chi connectivity index (χ1v) is 5.27. The van der Waals surface area contributed by atoms with Crippen molar-refractivity contribution in [1.82, 2.24) is 0 Å². The third kappa shape index (κ3) is 2.96. The van der Waals surface area contributed by atoms with Gasteiger partial charge in [-0.05, 0) is 24.6 Å². The zero-order valence-electron chi connectivity index (χ0n) is 8.96. The molecule has 0 N–H and O–H groups in total. The second kappa shape index (κ2) is 5.16. The number of hydrogen-bond acceptors (Lipinski definition) is 3. The number of carbonyl (C=O) groups excluding carboxylic acids is 1. The van der Waals surface area contributed by atoms with Gasteiger partial charge in [-0.3, -0.25) is 4.79 Å². The highest BCUT2D eigenvalue weighted by Gasteiger charge is 2.13. The Labute approximate surface area is 97.5 Å². The van der Waals surface area contributed by atoms with Crippen molar-refractivity contribution in [2.75, 3.05) is 14.2 Å². The maximum atomic E-state index is 11.2. The van der Waals surface area contributed by atoms with Crippen molar-refractivity contribution in [3.05, 3.63) is 27.7 Å². The Kier molecular flexibility index (Phi) is 4.15. The maximum Gasteiger partial charge on any atom is 0.310 e. The van der Waals surface area contributed by atoms with Crippen molar-refractivity contribution < 1.29 is 14.3 Å².